The van der Waals surface area contributed by atoms with E-state index in [0.717, 1.165) is 5.56 Å². The fraction of sp³-hybridized carbons (Fsp3) is 0. The predicted molar refractivity (Wildman–Crippen MR) is 105 cm³/mol. The topological polar surface area (TPSA) is 57.6 Å². The first-order valence-electron chi connectivity index (χ1n) is 7.39. The zero-order valence-corrected chi connectivity index (χ0v) is 14.6. The quantitative estimate of drug-likeness (QED) is 0.643. The lowest BCUT2D eigenvalue weighted by molar-refractivity contribution is -0.113. The molecule has 6 heteroatoms. The minimum Gasteiger partial charge on any atom is -0.478 e. The fourth-order valence-electron chi connectivity index (χ4n) is 2.29. The van der Waals surface area contributed by atoms with Crippen molar-refractivity contribution in [3.05, 3.63) is 82.8 Å². The van der Waals surface area contributed by atoms with Crippen LogP contribution in [0.4, 0.5) is 5.69 Å². The molecule has 1 fully saturated rings. The van der Waals surface area contributed by atoms with Gasteiger partial charge in [-0.2, -0.15) is 0 Å². The van der Waals surface area contributed by atoms with Gasteiger partial charge in [0.2, 0.25) is 0 Å². The van der Waals surface area contributed by atoms with Crippen LogP contribution in [0.5, 0.6) is 0 Å². The van der Waals surface area contributed by atoms with Crippen LogP contribution in [0.15, 0.2) is 71.7 Å². The van der Waals surface area contributed by atoms with E-state index in [9.17, 15) is 9.59 Å². The Balaban J connectivity index is 1.83. The number of carboxylic acid groups (broad SMARTS) is 1. The lowest BCUT2D eigenvalue weighted by Gasteiger charge is -2.14. The Morgan fingerprint density at radius 3 is 2.60 bits per heavy atom. The second-order valence-corrected chi connectivity index (χ2v) is 6.84. The predicted octanol–water partition coefficient (Wildman–Crippen LogP) is 4.35. The summed E-state index contributed by atoms with van der Waals surface area (Å²) in [5, 5.41) is 9.10. The third-order valence-electron chi connectivity index (χ3n) is 3.48. The first-order chi connectivity index (χ1) is 12.1. The monoisotopic (exact) mass is 367 g/mol. The smallest absolute Gasteiger partial charge is 0.335 e. The van der Waals surface area contributed by atoms with E-state index >= 15 is 0 Å². The molecule has 0 saturated carbocycles. The molecule has 1 aliphatic rings. The summed E-state index contributed by atoms with van der Waals surface area (Å²) >= 11 is 6.48. The van der Waals surface area contributed by atoms with Gasteiger partial charge in [-0.05, 0) is 29.8 Å². The highest BCUT2D eigenvalue weighted by Crippen LogP contribution is 2.35. The van der Waals surface area contributed by atoms with Crippen LogP contribution >= 0.6 is 24.0 Å². The number of hydrogen-bond donors (Lipinski definition) is 1. The van der Waals surface area contributed by atoms with Crippen molar-refractivity contribution in [2.45, 2.75) is 0 Å². The van der Waals surface area contributed by atoms with Gasteiger partial charge in [-0.3, -0.25) is 9.69 Å². The van der Waals surface area contributed by atoms with Crippen molar-refractivity contribution in [1.29, 1.82) is 0 Å². The minimum absolute atomic E-state index is 0.111. The first kappa shape index (κ1) is 17.1. The molecule has 0 radical (unpaired) electrons. The molecule has 0 unspecified atom stereocenters. The molecule has 124 valence electrons. The van der Waals surface area contributed by atoms with Gasteiger partial charge < -0.3 is 5.11 Å². The van der Waals surface area contributed by atoms with E-state index in [1.165, 1.54) is 28.8 Å². The lowest BCUT2D eigenvalue weighted by atomic mass is 10.2. The molecule has 0 atom stereocenters. The highest BCUT2D eigenvalue weighted by Gasteiger charge is 2.33. The van der Waals surface area contributed by atoms with Crippen LogP contribution in [0.2, 0.25) is 0 Å². The van der Waals surface area contributed by atoms with E-state index in [2.05, 4.69) is 0 Å². The molecule has 0 bridgehead atoms. The summed E-state index contributed by atoms with van der Waals surface area (Å²) in [5.74, 6) is -1.30. The van der Waals surface area contributed by atoms with Crippen molar-refractivity contribution in [3.8, 4) is 0 Å². The molecule has 1 aliphatic heterocycles. The maximum absolute atomic E-state index is 12.6. The van der Waals surface area contributed by atoms with Crippen LogP contribution in [-0.4, -0.2) is 21.3 Å². The molecule has 1 N–H and O–H groups in total. The van der Waals surface area contributed by atoms with Crippen LogP contribution in [0.3, 0.4) is 0 Å². The zero-order chi connectivity index (χ0) is 17.8. The van der Waals surface area contributed by atoms with Crippen LogP contribution < -0.4 is 4.90 Å². The molecule has 3 rings (SSSR count). The van der Waals surface area contributed by atoms with Gasteiger partial charge in [-0.25, -0.2) is 4.79 Å². The van der Waals surface area contributed by atoms with Crippen molar-refractivity contribution in [3.63, 3.8) is 0 Å². The maximum Gasteiger partial charge on any atom is 0.335 e. The number of carbonyl (C=O) groups excluding carboxylic acids is 1. The normalized spacial score (nSPS) is 16.2. The van der Waals surface area contributed by atoms with Gasteiger partial charge >= 0.3 is 5.97 Å². The highest BCUT2D eigenvalue weighted by molar-refractivity contribution is 8.27. The SMILES string of the molecule is O=C(O)c1cccc(N2C(=O)/C(=C\C=C\c3ccccc3)SC2=S)c1. The van der Waals surface area contributed by atoms with Gasteiger partial charge in [0.25, 0.3) is 5.91 Å². The third kappa shape index (κ3) is 3.87. The molecule has 1 amide bonds. The van der Waals surface area contributed by atoms with Gasteiger partial charge in [0, 0.05) is 0 Å². The Kier molecular flexibility index (Phi) is 5.11. The van der Waals surface area contributed by atoms with Gasteiger partial charge in [-0.1, -0.05) is 72.5 Å². The van der Waals surface area contributed by atoms with E-state index < -0.39 is 5.97 Å². The summed E-state index contributed by atoms with van der Waals surface area (Å²) in [6.45, 7) is 0. The van der Waals surface area contributed by atoms with Crippen molar-refractivity contribution in [2.24, 2.45) is 0 Å². The van der Waals surface area contributed by atoms with Gasteiger partial charge in [0.1, 0.15) is 0 Å². The Morgan fingerprint density at radius 1 is 1.12 bits per heavy atom. The molecule has 1 heterocycles. The number of amides is 1. The van der Waals surface area contributed by atoms with Crippen LogP contribution in [0.1, 0.15) is 15.9 Å². The number of hydrogen-bond acceptors (Lipinski definition) is 4. The Hall–Kier alpha value is -2.70. The molecule has 0 spiro atoms. The van der Waals surface area contributed by atoms with E-state index in [-0.39, 0.29) is 11.5 Å². The van der Waals surface area contributed by atoms with Crippen molar-refractivity contribution in [1.82, 2.24) is 0 Å². The first-order valence-corrected chi connectivity index (χ1v) is 8.62. The molecule has 25 heavy (non-hydrogen) atoms. The average Bonchev–Trinajstić information content (AvgIpc) is 2.90. The zero-order valence-electron chi connectivity index (χ0n) is 13.0. The molecule has 0 aliphatic carbocycles. The van der Waals surface area contributed by atoms with E-state index in [1.54, 1.807) is 24.3 Å². The van der Waals surface area contributed by atoms with Crippen molar-refractivity contribution in [2.75, 3.05) is 4.90 Å². The highest BCUT2D eigenvalue weighted by atomic mass is 32.2. The molecular formula is C19H13NO3S2. The number of carbonyl (C=O) groups is 2. The molecule has 2 aromatic rings. The van der Waals surface area contributed by atoms with Crippen molar-refractivity contribution >= 4 is 51.9 Å². The van der Waals surface area contributed by atoms with E-state index in [4.69, 9.17) is 17.3 Å². The second-order valence-electron chi connectivity index (χ2n) is 5.16. The van der Waals surface area contributed by atoms with Gasteiger partial charge in [0.05, 0.1) is 16.2 Å². The van der Waals surface area contributed by atoms with Gasteiger partial charge in [0.15, 0.2) is 4.32 Å². The summed E-state index contributed by atoms with van der Waals surface area (Å²) in [5.41, 5.74) is 1.60. The summed E-state index contributed by atoms with van der Waals surface area (Å²) in [6.07, 6.45) is 5.42. The van der Waals surface area contributed by atoms with Gasteiger partial charge in [-0.15, -0.1) is 0 Å². The largest absolute Gasteiger partial charge is 0.478 e. The number of thioether (sulfide) groups is 1. The fourth-order valence-corrected chi connectivity index (χ4v) is 3.54. The number of nitrogens with zero attached hydrogens (tertiary/aromatic N) is 1. The van der Waals surface area contributed by atoms with Crippen molar-refractivity contribution < 1.29 is 14.7 Å². The third-order valence-corrected chi connectivity index (χ3v) is 4.80. The van der Waals surface area contributed by atoms with E-state index in [0.29, 0.717) is 14.9 Å². The average molecular weight is 367 g/mol. The Morgan fingerprint density at radius 2 is 1.88 bits per heavy atom. The molecule has 4 nitrogen and oxygen atoms in total. The number of carboxylic acids is 1. The van der Waals surface area contributed by atoms with Crippen LogP contribution in [-0.2, 0) is 4.79 Å². The molecular weight excluding hydrogens is 354 g/mol. The summed E-state index contributed by atoms with van der Waals surface area (Å²) < 4.78 is 0.381. The number of rotatable bonds is 4. The molecule has 2 aromatic carbocycles. The molecule has 1 saturated heterocycles. The number of benzene rings is 2. The number of aromatic carboxylic acids is 1. The van der Waals surface area contributed by atoms with Crippen LogP contribution in [0.25, 0.3) is 6.08 Å². The number of allylic oxidation sites excluding steroid dienone is 2. The number of anilines is 1. The Bertz CT molecular complexity index is 904. The summed E-state index contributed by atoms with van der Waals surface area (Å²) in [7, 11) is 0. The standard InChI is InChI=1S/C19H13NO3S2/c21-17-16(11-4-8-13-6-2-1-3-7-13)25-19(24)20(17)15-10-5-9-14(12-15)18(22)23/h1-12H,(H,22,23)/b8-4+,16-11+. The summed E-state index contributed by atoms with van der Waals surface area (Å²) in [4.78, 5) is 25.6. The van der Waals surface area contributed by atoms with Crippen LogP contribution in [0, 0.1) is 0 Å². The van der Waals surface area contributed by atoms with E-state index in [1.807, 2.05) is 36.4 Å². The summed E-state index contributed by atoms with van der Waals surface area (Å²) in [6, 6.07) is 15.9. The molecule has 0 aromatic heterocycles. The Labute approximate surface area is 154 Å². The maximum atomic E-state index is 12.6. The lowest BCUT2D eigenvalue weighted by Crippen LogP contribution is -2.27. The minimum atomic E-state index is -1.05. The second kappa shape index (κ2) is 7.46. The number of thiocarbonyl (C=S) groups is 1.